The Balaban J connectivity index is 1.62. The van der Waals surface area contributed by atoms with Crippen LogP contribution in [0.2, 0.25) is 0 Å². The molecule has 3 nitrogen and oxygen atoms in total. The smallest absolute Gasteiger partial charge is 0.138 e. The molecule has 3 heteroatoms. The Labute approximate surface area is 108 Å². The van der Waals surface area contributed by atoms with E-state index < -0.39 is 0 Å². The Hall–Kier alpha value is -1.19. The Bertz CT molecular complexity index is 418. The van der Waals surface area contributed by atoms with Crippen LogP contribution in [0.25, 0.3) is 0 Å². The summed E-state index contributed by atoms with van der Waals surface area (Å²) in [6.45, 7) is 3.91. The highest BCUT2D eigenvalue weighted by Gasteiger charge is 2.35. The van der Waals surface area contributed by atoms with Crippen molar-refractivity contribution >= 4 is 5.78 Å². The van der Waals surface area contributed by atoms with Crippen molar-refractivity contribution in [1.29, 1.82) is 0 Å². The zero-order chi connectivity index (χ0) is 12.4. The van der Waals surface area contributed by atoms with Crippen LogP contribution < -0.4 is 5.32 Å². The van der Waals surface area contributed by atoms with E-state index in [1.807, 2.05) is 0 Å². The van der Waals surface area contributed by atoms with E-state index in [9.17, 15) is 4.79 Å². The zero-order valence-electron chi connectivity index (χ0n) is 10.6. The molecule has 0 aliphatic carbocycles. The Morgan fingerprint density at radius 2 is 2.11 bits per heavy atom. The van der Waals surface area contributed by atoms with Crippen LogP contribution in [0, 0.1) is 5.92 Å². The molecule has 2 atom stereocenters. The van der Waals surface area contributed by atoms with Gasteiger partial charge in [0.15, 0.2) is 0 Å². The van der Waals surface area contributed by atoms with Crippen LogP contribution in [0.5, 0.6) is 0 Å². The Kier molecular flexibility index (Phi) is 3.43. The minimum Gasteiger partial charge on any atom is -0.312 e. The van der Waals surface area contributed by atoms with Gasteiger partial charge >= 0.3 is 0 Å². The number of hydrogen-bond acceptors (Lipinski definition) is 3. The first-order valence-electron chi connectivity index (χ1n) is 6.85. The van der Waals surface area contributed by atoms with Crippen molar-refractivity contribution < 1.29 is 4.79 Å². The van der Waals surface area contributed by atoms with Crippen molar-refractivity contribution in [2.45, 2.75) is 25.4 Å². The SMILES string of the molecule is O=C1CCNC2CN(Cc3ccccc3)CCC12. The van der Waals surface area contributed by atoms with Crippen molar-refractivity contribution in [2.75, 3.05) is 19.6 Å². The number of nitrogens with zero attached hydrogens (tertiary/aromatic N) is 1. The molecule has 18 heavy (non-hydrogen) atoms. The third-order valence-corrected chi connectivity index (χ3v) is 4.14. The minimum absolute atomic E-state index is 0.269. The second kappa shape index (κ2) is 5.21. The normalized spacial score (nSPS) is 29.0. The maximum absolute atomic E-state index is 11.8. The van der Waals surface area contributed by atoms with Gasteiger partial charge < -0.3 is 5.32 Å². The summed E-state index contributed by atoms with van der Waals surface area (Å²) in [7, 11) is 0. The molecule has 2 fully saturated rings. The monoisotopic (exact) mass is 244 g/mol. The number of piperidine rings is 2. The number of fused-ring (bicyclic) bond motifs is 1. The molecule has 0 bridgehead atoms. The molecule has 96 valence electrons. The third kappa shape index (κ3) is 2.47. The number of hydrogen-bond donors (Lipinski definition) is 1. The minimum atomic E-state index is 0.269. The molecule has 1 aromatic carbocycles. The number of Topliss-reactive ketones (excluding diaryl/α,β-unsaturated/α-hetero) is 1. The molecule has 1 aromatic rings. The van der Waals surface area contributed by atoms with Gasteiger partial charge in [-0.2, -0.15) is 0 Å². The summed E-state index contributed by atoms with van der Waals surface area (Å²) in [5.41, 5.74) is 1.36. The number of ketones is 1. The lowest BCUT2D eigenvalue weighted by Crippen LogP contribution is -2.56. The van der Waals surface area contributed by atoms with Crippen molar-refractivity contribution in [3.05, 3.63) is 35.9 Å². The molecule has 3 rings (SSSR count). The van der Waals surface area contributed by atoms with E-state index in [2.05, 4.69) is 40.5 Å². The summed E-state index contributed by atoms with van der Waals surface area (Å²) in [5, 5.41) is 3.50. The Morgan fingerprint density at radius 1 is 1.28 bits per heavy atom. The molecule has 0 saturated carbocycles. The molecule has 0 amide bonds. The summed E-state index contributed by atoms with van der Waals surface area (Å²) < 4.78 is 0. The average Bonchev–Trinajstić information content (AvgIpc) is 2.40. The number of rotatable bonds is 2. The van der Waals surface area contributed by atoms with Crippen LogP contribution in [0.1, 0.15) is 18.4 Å². The largest absolute Gasteiger partial charge is 0.312 e. The molecule has 1 N–H and O–H groups in total. The van der Waals surface area contributed by atoms with Gasteiger partial charge in [0.1, 0.15) is 5.78 Å². The predicted molar refractivity (Wildman–Crippen MR) is 71.2 cm³/mol. The van der Waals surface area contributed by atoms with Gasteiger partial charge in [0.2, 0.25) is 0 Å². The van der Waals surface area contributed by atoms with Gasteiger partial charge in [0, 0.05) is 38.0 Å². The highest BCUT2D eigenvalue weighted by atomic mass is 16.1. The highest BCUT2D eigenvalue weighted by molar-refractivity contribution is 5.82. The molecule has 0 aromatic heterocycles. The van der Waals surface area contributed by atoms with E-state index in [-0.39, 0.29) is 5.92 Å². The topological polar surface area (TPSA) is 32.3 Å². The van der Waals surface area contributed by atoms with Crippen molar-refractivity contribution in [3.63, 3.8) is 0 Å². The van der Waals surface area contributed by atoms with E-state index in [1.54, 1.807) is 0 Å². The number of carbonyl (C=O) groups excluding carboxylic acids is 1. The molecule has 2 unspecified atom stereocenters. The first-order chi connectivity index (χ1) is 8.83. The van der Waals surface area contributed by atoms with Gasteiger partial charge in [0.05, 0.1) is 0 Å². The molecule has 2 aliphatic heterocycles. The van der Waals surface area contributed by atoms with Crippen LogP contribution in [-0.2, 0) is 11.3 Å². The maximum atomic E-state index is 11.8. The van der Waals surface area contributed by atoms with Gasteiger partial charge in [-0.3, -0.25) is 9.69 Å². The highest BCUT2D eigenvalue weighted by Crippen LogP contribution is 2.24. The van der Waals surface area contributed by atoms with E-state index in [1.165, 1.54) is 5.56 Å². The molecule has 0 spiro atoms. The lowest BCUT2D eigenvalue weighted by atomic mass is 9.84. The lowest BCUT2D eigenvalue weighted by molar-refractivity contribution is -0.127. The summed E-state index contributed by atoms with van der Waals surface area (Å²) in [4.78, 5) is 14.3. The maximum Gasteiger partial charge on any atom is 0.138 e. The van der Waals surface area contributed by atoms with E-state index in [4.69, 9.17) is 0 Å². The summed E-state index contributed by atoms with van der Waals surface area (Å²) >= 11 is 0. The first kappa shape index (κ1) is 11.9. The van der Waals surface area contributed by atoms with E-state index >= 15 is 0 Å². The number of carbonyl (C=O) groups is 1. The summed E-state index contributed by atoms with van der Waals surface area (Å²) in [6.07, 6.45) is 1.74. The van der Waals surface area contributed by atoms with Gasteiger partial charge in [-0.25, -0.2) is 0 Å². The predicted octanol–water partition coefficient (Wildman–Crippen LogP) is 1.44. The fourth-order valence-electron chi connectivity index (χ4n) is 3.16. The van der Waals surface area contributed by atoms with Gasteiger partial charge in [0.25, 0.3) is 0 Å². The van der Waals surface area contributed by atoms with Crippen LogP contribution in [0.15, 0.2) is 30.3 Å². The van der Waals surface area contributed by atoms with Crippen molar-refractivity contribution in [3.8, 4) is 0 Å². The average molecular weight is 244 g/mol. The van der Waals surface area contributed by atoms with Gasteiger partial charge in [-0.1, -0.05) is 30.3 Å². The summed E-state index contributed by atoms with van der Waals surface area (Å²) in [5.74, 6) is 0.740. The molecule has 2 saturated heterocycles. The van der Waals surface area contributed by atoms with Crippen molar-refractivity contribution in [1.82, 2.24) is 10.2 Å². The first-order valence-corrected chi connectivity index (χ1v) is 6.85. The van der Waals surface area contributed by atoms with Crippen LogP contribution in [-0.4, -0.2) is 36.4 Å². The van der Waals surface area contributed by atoms with Gasteiger partial charge in [-0.05, 0) is 18.5 Å². The van der Waals surface area contributed by atoms with E-state index in [0.29, 0.717) is 11.8 Å². The summed E-state index contributed by atoms with van der Waals surface area (Å²) in [6, 6.07) is 11.0. The second-order valence-electron chi connectivity index (χ2n) is 5.39. The molecular formula is C15H20N2O. The number of benzene rings is 1. The van der Waals surface area contributed by atoms with Crippen LogP contribution >= 0.6 is 0 Å². The molecular weight excluding hydrogens is 224 g/mol. The Morgan fingerprint density at radius 3 is 2.94 bits per heavy atom. The fraction of sp³-hybridized carbons (Fsp3) is 0.533. The van der Waals surface area contributed by atoms with Gasteiger partial charge in [-0.15, -0.1) is 0 Å². The molecule has 2 aliphatic rings. The number of likely N-dealkylation sites (tertiary alicyclic amines) is 1. The van der Waals surface area contributed by atoms with Crippen LogP contribution in [0.3, 0.4) is 0 Å². The molecule has 0 radical (unpaired) electrons. The van der Waals surface area contributed by atoms with Crippen LogP contribution in [0.4, 0.5) is 0 Å². The number of nitrogens with one attached hydrogen (secondary N) is 1. The fourth-order valence-corrected chi connectivity index (χ4v) is 3.16. The third-order valence-electron chi connectivity index (χ3n) is 4.14. The van der Waals surface area contributed by atoms with Crippen molar-refractivity contribution in [2.24, 2.45) is 5.92 Å². The second-order valence-corrected chi connectivity index (χ2v) is 5.39. The quantitative estimate of drug-likeness (QED) is 0.854. The lowest BCUT2D eigenvalue weighted by Gasteiger charge is -2.40. The molecule has 2 heterocycles. The standard InChI is InChI=1S/C15H20N2O/c18-15-6-8-16-14-11-17(9-7-13(14)15)10-12-4-2-1-3-5-12/h1-5,13-14,16H,6-11H2. The van der Waals surface area contributed by atoms with E-state index in [0.717, 1.165) is 39.0 Å². The zero-order valence-corrected chi connectivity index (χ0v) is 10.6.